The monoisotopic (exact) mass is 299 g/mol. The van der Waals surface area contributed by atoms with Crippen molar-refractivity contribution >= 4 is 11.6 Å². The molecule has 3 rings (SSSR count). The van der Waals surface area contributed by atoms with Crippen molar-refractivity contribution < 1.29 is 19.0 Å². The molecule has 1 N–H and O–H groups in total. The van der Waals surface area contributed by atoms with Crippen LogP contribution in [0, 0.1) is 0 Å². The lowest BCUT2D eigenvalue weighted by Gasteiger charge is -2.11. The molecular formula is C17H17NO4. The molecule has 1 fully saturated rings. The molecule has 0 bridgehead atoms. The Labute approximate surface area is 128 Å². The molecule has 2 aromatic carbocycles. The van der Waals surface area contributed by atoms with Crippen LogP contribution < -0.4 is 10.1 Å². The van der Waals surface area contributed by atoms with E-state index in [9.17, 15) is 4.79 Å². The van der Waals surface area contributed by atoms with Crippen LogP contribution in [0.3, 0.4) is 0 Å². The summed E-state index contributed by atoms with van der Waals surface area (Å²) in [6.07, 6.45) is -0.307. The van der Waals surface area contributed by atoms with E-state index in [0.717, 1.165) is 5.56 Å². The van der Waals surface area contributed by atoms with Crippen molar-refractivity contribution in [1.82, 2.24) is 0 Å². The molecule has 0 radical (unpaired) electrons. The van der Waals surface area contributed by atoms with Crippen molar-refractivity contribution in [3.8, 4) is 5.75 Å². The van der Waals surface area contributed by atoms with Crippen LogP contribution in [0.4, 0.5) is 5.69 Å². The molecule has 1 amide bonds. The molecule has 114 valence electrons. The Morgan fingerprint density at radius 3 is 2.45 bits per heavy atom. The van der Waals surface area contributed by atoms with E-state index in [-0.39, 0.29) is 12.2 Å². The average Bonchev–Trinajstić information content (AvgIpc) is 3.10. The molecule has 5 nitrogen and oxygen atoms in total. The standard InChI is InChI=1S/C17H17NO4/c1-20-15-5-3-2-4-14(15)16(19)18-13-8-6-12(7-9-13)17-21-10-11-22-17/h2-9,17H,10-11H2,1H3,(H,18,19). The van der Waals surface area contributed by atoms with Crippen molar-refractivity contribution in [2.45, 2.75) is 6.29 Å². The van der Waals surface area contributed by atoms with Gasteiger partial charge in [-0.05, 0) is 24.3 Å². The molecule has 0 spiro atoms. The maximum atomic E-state index is 12.3. The number of amides is 1. The summed E-state index contributed by atoms with van der Waals surface area (Å²) in [6, 6.07) is 14.5. The second-order valence-electron chi connectivity index (χ2n) is 4.85. The van der Waals surface area contributed by atoms with Crippen molar-refractivity contribution in [2.24, 2.45) is 0 Å². The van der Waals surface area contributed by atoms with E-state index < -0.39 is 0 Å². The Balaban J connectivity index is 1.71. The highest BCUT2D eigenvalue weighted by molar-refractivity contribution is 6.06. The first kappa shape index (κ1) is 14.6. The number of methoxy groups -OCH3 is 1. The molecule has 1 saturated heterocycles. The van der Waals surface area contributed by atoms with E-state index in [1.54, 1.807) is 25.3 Å². The summed E-state index contributed by atoms with van der Waals surface area (Å²) in [5.41, 5.74) is 2.14. The first-order valence-electron chi connectivity index (χ1n) is 7.05. The Hall–Kier alpha value is -2.37. The number of ether oxygens (including phenoxy) is 3. The van der Waals surface area contributed by atoms with E-state index in [2.05, 4.69) is 5.32 Å². The summed E-state index contributed by atoms with van der Waals surface area (Å²) < 4.78 is 16.1. The van der Waals surface area contributed by atoms with Gasteiger partial charge in [0.1, 0.15) is 5.75 Å². The molecule has 0 saturated carbocycles. The van der Waals surface area contributed by atoms with Crippen LogP contribution in [-0.2, 0) is 9.47 Å². The molecule has 0 unspecified atom stereocenters. The van der Waals surface area contributed by atoms with Gasteiger partial charge in [0.25, 0.3) is 5.91 Å². The van der Waals surface area contributed by atoms with Crippen LogP contribution in [0.15, 0.2) is 48.5 Å². The topological polar surface area (TPSA) is 56.8 Å². The van der Waals surface area contributed by atoms with Crippen LogP contribution in [0.1, 0.15) is 22.2 Å². The van der Waals surface area contributed by atoms with Crippen molar-refractivity contribution in [1.29, 1.82) is 0 Å². The summed E-state index contributed by atoms with van der Waals surface area (Å²) in [5, 5.41) is 2.85. The SMILES string of the molecule is COc1ccccc1C(=O)Nc1ccc(C2OCCO2)cc1. The van der Waals surface area contributed by atoms with Gasteiger partial charge in [-0.1, -0.05) is 24.3 Å². The van der Waals surface area contributed by atoms with Crippen LogP contribution in [-0.4, -0.2) is 26.2 Å². The van der Waals surface area contributed by atoms with Gasteiger partial charge in [-0.15, -0.1) is 0 Å². The number of para-hydroxylation sites is 1. The normalized spacial score (nSPS) is 14.8. The van der Waals surface area contributed by atoms with E-state index in [4.69, 9.17) is 14.2 Å². The van der Waals surface area contributed by atoms with Crippen molar-refractivity contribution in [2.75, 3.05) is 25.6 Å². The number of hydrogen-bond donors (Lipinski definition) is 1. The first-order valence-corrected chi connectivity index (χ1v) is 7.05. The molecular weight excluding hydrogens is 282 g/mol. The molecule has 0 aliphatic carbocycles. The summed E-state index contributed by atoms with van der Waals surface area (Å²) >= 11 is 0. The highest BCUT2D eigenvalue weighted by Gasteiger charge is 2.18. The smallest absolute Gasteiger partial charge is 0.259 e. The number of carbonyl (C=O) groups is 1. The fourth-order valence-corrected chi connectivity index (χ4v) is 2.31. The Bertz CT molecular complexity index is 648. The third-order valence-corrected chi connectivity index (χ3v) is 3.41. The third kappa shape index (κ3) is 3.10. The quantitative estimate of drug-likeness (QED) is 0.943. The lowest BCUT2D eigenvalue weighted by atomic mass is 10.1. The van der Waals surface area contributed by atoms with Gasteiger partial charge in [0.05, 0.1) is 25.9 Å². The highest BCUT2D eigenvalue weighted by Crippen LogP contribution is 2.25. The van der Waals surface area contributed by atoms with E-state index in [1.807, 2.05) is 30.3 Å². The molecule has 22 heavy (non-hydrogen) atoms. The van der Waals surface area contributed by atoms with Crippen molar-refractivity contribution in [3.63, 3.8) is 0 Å². The summed E-state index contributed by atoms with van der Waals surface area (Å²) in [4.78, 5) is 12.3. The van der Waals surface area contributed by atoms with Crippen molar-refractivity contribution in [3.05, 3.63) is 59.7 Å². The lowest BCUT2D eigenvalue weighted by Crippen LogP contribution is -2.13. The van der Waals surface area contributed by atoms with Gasteiger partial charge in [0.15, 0.2) is 6.29 Å². The van der Waals surface area contributed by atoms with E-state index in [0.29, 0.717) is 30.2 Å². The minimum Gasteiger partial charge on any atom is -0.496 e. The maximum Gasteiger partial charge on any atom is 0.259 e. The Morgan fingerprint density at radius 1 is 1.09 bits per heavy atom. The molecule has 2 aromatic rings. The van der Waals surface area contributed by atoms with Crippen LogP contribution in [0.5, 0.6) is 5.75 Å². The number of hydrogen-bond acceptors (Lipinski definition) is 4. The summed E-state index contributed by atoms with van der Waals surface area (Å²) in [7, 11) is 1.54. The molecule has 0 atom stereocenters. The fraction of sp³-hybridized carbons (Fsp3) is 0.235. The Morgan fingerprint density at radius 2 is 1.77 bits per heavy atom. The summed E-state index contributed by atoms with van der Waals surface area (Å²) in [6.45, 7) is 1.22. The second-order valence-corrected chi connectivity index (χ2v) is 4.85. The minimum absolute atomic E-state index is 0.210. The fourth-order valence-electron chi connectivity index (χ4n) is 2.31. The number of carbonyl (C=O) groups excluding carboxylic acids is 1. The summed E-state index contributed by atoms with van der Waals surface area (Å²) in [5.74, 6) is 0.336. The Kier molecular flexibility index (Phi) is 4.37. The van der Waals surface area contributed by atoms with Crippen LogP contribution >= 0.6 is 0 Å². The molecule has 1 heterocycles. The van der Waals surface area contributed by atoms with Crippen LogP contribution in [0.25, 0.3) is 0 Å². The van der Waals surface area contributed by atoms with Crippen LogP contribution in [0.2, 0.25) is 0 Å². The molecule has 5 heteroatoms. The van der Waals surface area contributed by atoms with Gasteiger partial charge in [-0.2, -0.15) is 0 Å². The molecule has 1 aliphatic heterocycles. The number of rotatable bonds is 4. The zero-order valence-corrected chi connectivity index (χ0v) is 12.2. The largest absolute Gasteiger partial charge is 0.496 e. The first-order chi connectivity index (χ1) is 10.8. The number of anilines is 1. The van der Waals surface area contributed by atoms with Gasteiger partial charge in [0.2, 0.25) is 0 Å². The predicted octanol–water partition coefficient (Wildman–Crippen LogP) is 2.99. The number of benzene rings is 2. The van der Waals surface area contributed by atoms with E-state index >= 15 is 0 Å². The van der Waals surface area contributed by atoms with Gasteiger partial charge in [-0.3, -0.25) is 4.79 Å². The maximum absolute atomic E-state index is 12.3. The zero-order valence-electron chi connectivity index (χ0n) is 12.2. The van der Waals surface area contributed by atoms with Gasteiger partial charge in [-0.25, -0.2) is 0 Å². The van der Waals surface area contributed by atoms with Gasteiger partial charge < -0.3 is 19.5 Å². The molecule has 1 aliphatic rings. The molecule has 0 aromatic heterocycles. The van der Waals surface area contributed by atoms with E-state index in [1.165, 1.54) is 0 Å². The number of nitrogens with one attached hydrogen (secondary N) is 1. The minimum atomic E-state index is -0.307. The lowest BCUT2D eigenvalue weighted by molar-refractivity contribution is -0.0441. The van der Waals surface area contributed by atoms with Gasteiger partial charge in [0, 0.05) is 11.3 Å². The predicted molar refractivity (Wildman–Crippen MR) is 82.0 cm³/mol. The van der Waals surface area contributed by atoms with Gasteiger partial charge >= 0.3 is 0 Å². The highest BCUT2D eigenvalue weighted by atomic mass is 16.7. The average molecular weight is 299 g/mol. The zero-order chi connectivity index (χ0) is 15.4. The third-order valence-electron chi connectivity index (χ3n) is 3.41. The second kappa shape index (κ2) is 6.60.